The summed E-state index contributed by atoms with van der Waals surface area (Å²) in [4.78, 5) is 4.37. The van der Waals surface area contributed by atoms with Crippen molar-refractivity contribution in [2.45, 2.75) is 51.0 Å². The lowest BCUT2D eigenvalue weighted by atomic mass is 9.89. The molecule has 0 saturated heterocycles. The number of hydrogen-bond acceptors (Lipinski definition) is 3. The maximum atomic E-state index is 6.13. The molecule has 3 nitrogen and oxygen atoms in total. The second-order valence-electron chi connectivity index (χ2n) is 5.52. The molecule has 19 heavy (non-hydrogen) atoms. The minimum atomic E-state index is 0.163. The van der Waals surface area contributed by atoms with Crippen molar-refractivity contribution in [2.24, 2.45) is 5.92 Å². The Hall–Kier alpha value is -0.960. The lowest BCUT2D eigenvalue weighted by Crippen LogP contribution is -2.22. The number of anilines is 1. The largest absolute Gasteiger partial charge is 0.487 e. The number of alkyl halides is 1. The number of pyridine rings is 1. The Morgan fingerprint density at radius 1 is 1.37 bits per heavy atom. The fourth-order valence-corrected chi connectivity index (χ4v) is 2.69. The second kappa shape index (κ2) is 6.99. The molecule has 0 aromatic carbocycles. The van der Waals surface area contributed by atoms with Crippen molar-refractivity contribution in [2.75, 3.05) is 11.9 Å². The monoisotopic (exact) mass is 282 g/mol. The minimum absolute atomic E-state index is 0.163. The molecule has 1 aromatic rings. The van der Waals surface area contributed by atoms with Crippen LogP contribution in [0, 0.1) is 5.92 Å². The number of hydrogen-bond donors (Lipinski definition) is 1. The normalized spacial score (nSPS) is 23.4. The average molecular weight is 283 g/mol. The van der Waals surface area contributed by atoms with E-state index in [4.69, 9.17) is 16.3 Å². The number of rotatable bonds is 5. The number of ether oxygens (including phenoxy) is 1. The van der Waals surface area contributed by atoms with Crippen LogP contribution in [0.1, 0.15) is 39.5 Å². The number of halogens is 1. The van der Waals surface area contributed by atoms with E-state index >= 15 is 0 Å². The molecule has 1 aromatic heterocycles. The maximum absolute atomic E-state index is 6.13. The summed E-state index contributed by atoms with van der Waals surface area (Å²) < 4.78 is 5.76. The van der Waals surface area contributed by atoms with E-state index < -0.39 is 0 Å². The van der Waals surface area contributed by atoms with Crippen LogP contribution in [-0.4, -0.2) is 23.0 Å². The molecule has 0 bridgehead atoms. The van der Waals surface area contributed by atoms with Gasteiger partial charge in [0.2, 0.25) is 0 Å². The van der Waals surface area contributed by atoms with Crippen LogP contribution in [0.5, 0.6) is 5.75 Å². The lowest BCUT2D eigenvalue weighted by molar-refractivity contribution is 0.242. The van der Waals surface area contributed by atoms with Gasteiger partial charge in [-0.25, -0.2) is 4.98 Å². The molecule has 1 N–H and O–H groups in total. The van der Waals surface area contributed by atoms with Gasteiger partial charge in [-0.15, -0.1) is 11.6 Å². The van der Waals surface area contributed by atoms with Crippen molar-refractivity contribution >= 4 is 17.4 Å². The maximum Gasteiger partial charge on any atom is 0.168 e. The Labute approximate surface area is 120 Å². The smallest absolute Gasteiger partial charge is 0.168 e. The Morgan fingerprint density at radius 3 is 2.79 bits per heavy atom. The molecule has 1 fully saturated rings. The van der Waals surface area contributed by atoms with E-state index in [1.54, 1.807) is 6.20 Å². The topological polar surface area (TPSA) is 34.1 Å². The fraction of sp³-hybridized carbons (Fsp3) is 0.667. The first-order valence-electron chi connectivity index (χ1n) is 7.14. The summed E-state index contributed by atoms with van der Waals surface area (Å²) in [5, 5.41) is 3.80. The quantitative estimate of drug-likeness (QED) is 0.827. The predicted octanol–water partition coefficient (Wildman–Crippen LogP) is 4.08. The Bertz CT molecular complexity index is 389. The van der Waals surface area contributed by atoms with Crippen LogP contribution in [-0.2, 0) is 0 Å². The summed E-state index contributed by atoms with van der Waals surface area (Å²) in [6, 6.07) is 3.87. The van der Waals surface area contributed by atoms with Crippen LogP contribution < -0.4 is 10.1 Å². The van der Waals surface area contributed by atoms with E-state index in [9.17, 15) is 0 Å². The van der Waals surface area contributed by atoms with Crippen LogP contribution in [0.25, 0.3) is 0 Å². The third-order valence-electron chi connectivity index (χ3n) is 3.47. The Morgan fingerprint density at radius 2 is 2.11 bits per heavy atom. The number of nitrogens with one attached hydrogen (secondary N) is 1. The van der Waals surface area contributed by atoms with E-state index in [0.717, 1.165) is 31.0 Å². The molecule has 1 aliphatic rings. The number of aromatic nitrogens is 1. The molecule has 0 amide bonds. The molecule has 0 spiro atoms. The molecule has 1 aliphatic carbocycles. The molecule has 0 atom stereocenters. The molecule has 2 rings (SSSR count). The summed E-state index contributed by atoms with van der Waals surface area (Å²) in [6.07, 6.45) is 6.63. The zero-order valence-corrected chi connectivity index (χ0v) is 12.5. The van der Waals surface area contributed by atoms with Gasteiger partial charge >= 0.3 is 0 Å². The summed E-state index contributed by atoms with van der Waals surface area (Å²) in [6.45, 7) is 5.01. The van der Waals surface area contributed by atoms with Gasteiger partial charge in [0.25, 0.3) is 0 Å². The molecule has 0 aliphatic heterocycles. The third kappa shape index (κ3) is 4.57. The zero-order chi connectivity index (χ0) is 13.7. The summed E-state index contributed by atoms with van der Waals surface area (Å²) in [5.41, 5.74) is 0. The molecular weight excluding hydrogens is 260 g/mol. The highest BCUT2D eigenvalue weighted by Gasteiger charge is 2.19. The molecule has 1 heterocycles. The number of nitrogens with zero attached hydrogens (tertiary/aromatic N) is 1. The fourth-order valence-electron chi connectivity index (χ4n) is 2.44. The van der Waals surface area contributed by atoms with Crippen LogP contribution >= 0.6 is 11.6 Å². The predicted molar refractivity (Wildman–Crippen MR) is 80.1 cm³/mol. The van der Waals surface area contributed by atoms with Crippen molar-refractivity contribution in [3.8, 4) is 5.75 Å². The Kier molecular flexibility index (Phi) is 5.32. The molecular formula is C15H23ClN2O. The van der Waals surface area contributed by atoms with E-state index in [2.05, 4.69) is 10.3 Å². The van der Waals surface area contributed by atoms with Crippen LogP contribution in [0.2, 0.25) is 0 Å². The first kappa shape index (κ1) is 14.4. The first-order chi connectivity index (χ1) is 9.15. The van der Waals surface area contributed by atoms with E-state index in [0.29, 0.717) is 11.3 Å². The summed E-state index contributed by atoms with van der Waals surface area (Å²) in [5.74, 6) is 2.39. The van der Waals surface area contributed by atoms with Gasteiger partial charge in [0, 0.05) is 18.1 Å². The van der Waals surface area contributed by atoms with Crippen LogP contribution in [0.3, 0.4) is 0 Å². The van der Waals surface area contributed by atoms with Crippen LogP contribution in [0.15, 0.2) is 18.3 Å². The standard InChI is InChI=1S/C15H23ClN2O/c1-11(2)19-14-4-3-9-17-15(14)18-10-12-5-7-13(16)8-6-12/h3-4,9,11-13H,5-8,10H2,1-2H3,(H,17,18). The molecule has 106 valence electrons. The molecule has 1 saturated carbocycles. The minimum Gasteiger partial charge on any atom is -0.487 e. The summed E-state index contributed by atoms with van der Waals surface area (Å²) >= 11 is 6.13. The van der Waals surface area contributed by atoms with Gasteiger partial charge in [0.05, 0.1) is 6.10 Å². The van der Waals surface area contributed by atoms with Crippen molar-refractivity contribution in [3.05, 3.63) is 18.3 Å². The van der Waals surface area contributed by atoms with Crippen molar-refractivity contribution in [1.29, 1.82) is 0 Å². The van der Waals surface area contributed by atoms with Gasteiger partial charge in [0.15, 0.2) is 11.6 Å². The summed E-state index contributed by atoms with van der Waals surface area (Å²) in [7, 11) is 0. The van der Waals surface area contributed by atoms with Crippen molar-refractivity contribution in [1.82, 2.24) is 4.98 Å². The van der Waals surface area contributed by atoms with Crippen molar-refractivity contribution in [3.63, 3.8) is 0 Å². The van der Waals surface area contributed by atoms with Gasteiger partial charge in [-0.05, 0) is 57.6 Å². The lowest BCUT2D eigenvalue weighted by Gasteiger charge is -2.25. The van der Waals surface area contributed by atoms with Gasteiger partial charge in [-0.3, -0.25) is 0 Å². The SMILES string of the molecule is CC(C)Oc1cccnc1NCC1CCC(Cl)CC1. The van der Waals surface area contributed by atoms with Crippen molar-refractivity contribution < 1.29 is 4.74 Å². The molecule has 0 unspecified atom stereocenters. The highest BCUT2D eigenvalue weighted by molar-refractivity contribution is 6.20. The van der Waals surface area contributed by atoms with Crippen LogP contribution in [0.4, 0.5) is 5.82 Å². The van der Waals surface area contributed by atoms with E-state index in [1.807, 2.05) is 26.0 Å². The van der Waals surface area contributed by atoms with E-state index in [-0.39, 0.29) is 6.10 Å². The zero-order valence-electron chi connectivity index (χ0n) is 11.7. The van der Waals surface area contributed by atoms with Gasteiger partial charge in [-0.1, -0.05) is 0 Å². The van der Waals surface area contributed by atoms with Gasteiger partial charge in [-0.2, -0.15) is 0 Å². The average Bonchev–Trinajstić information content (AvgIpc) is 2.39. The van der Waals surface area contributed by atoms with E-state index in [1.165, 1.54) is 12.8 Å². The molecule has 0 radical (unpaired) electrons. The first-order valence-corrected chi connectivity index (χ1v) is 7.58. The van der Waals surface area contributed by atoms with Gasteiger partial charge < -0.3 is 10.1 Å². The third-order valence-corrected chi connectivity index (χ3v) is 3.90. The molecule has 4 heteroatoms. The van der Waals surface area contributed by atoms with Gasteiger partial charge in [0.1, 0.15) is 0 Å². The second-order valence-corrected chi connectivity index (χ2v) is 6.13. The highest BCUT2D eigenvalue weighted by Crippen LogP contribution is 2.29. The highest BCUT2D eigenvalue weighted by atomic mass is 35.5. The Balaban J connectivity index is 1.88.